The van der Waals surface area contributed by atoms with Crippen LogP contribution in [-0.4, -0.2) is 0 Å². The van der Waals surface area contributed by atoms with Gasteiger partial charge < -0.3 is 23.4 Å². The van der Waals surface area contributed by atoms with Crippen LogP contribution in [0, 0.1) is 0 Å². The van der Waals surface area contributed by atoms with Crippen molar-refractivity contribution in [3.05, 3.63) is 291 Å². The van der Waals surface area contributed by atoms with E-state index in [1.54, 1.807) is 0 Å². The zero-order valence-corrected chi connectivity index (χ0v) is 43.8. The van der Waals surface area contributed by atoms with Gasteiger partial charge in [-0.2, -0.15) is 0 Å². The second kappa shape index (κ2) is 18.9. The summed E-state index contributed by atoms with van der Waals surface area (Å²) >= 11 is 0. The highest BCUT2D eigenvalue weighted by Crippen LogP contribution is 2.57. The van der Waals surface area contributed by atoms with Gasteiger partial charge in [0.05, 0.1) is 11.4 Å². The third-order valence-electron chi connectivity index (χ3n) is 16.1. The first-order chi connectivity index (χ1) is 40.2. The van der Waals surface area contributed by atoms with Crippen molar-refractivity contribution in [1.29, 1.82) is 0 Å². The van der Waals surface area contributed by atoms with Gasteiger partial charge in [0, 0.05) is 66.4 Å². The minimum atomic E-state index is 0.766. The van der Waals surface area contributed by atoms with E-state index in [0.717, 1.165) is 156 Å². The van der Waals surface area contributed by atoms with Crippen LogP contribution in [0.25, 0.3) is 110 Å². The summed E-state index contributed by atoms with van der Waals surface area (Å²) < 4.78 is 20.8. The van der Waals surface area contributed by atoms with Crippen LogP contribution in [0.4, 0.5) is 34.1 Å². The molecule has 1 aliphatic heterocycles. The number of furan rings is 2. The first kappa shape index (κ1) is 46.2. The van der Waals surface area contributed by atoms with Crippen LogP contribution < -0.4 is 14.5 Å². The van der Waals surface area contributed by atoms with Crippen LogP contribution >= 0.6 is 0 Å². The zero-order chi connectivity index (χ0) is 53.4. The Morgan fingerprint density at radius 3 is 1.12 bits per heavy atom. The second-order valence-electron chi connectivity index (χ2n) is 20.7. The first-order valence-corrected chi connectivity index (χ1v) is 27.5. The molecule has 0 spiro atoms. The van der Waals surface area contributed by atoms with Crippen molar-refractivity contribution in [3.63, 3.8) is 0 Å². The Morgan fingerprint density at radius 1 is 0.235 bits per heavy atom. The molecular formula is C76H48N2O3. The van der Waals surface area contributed by atoms with E-state index in [1.807, 2.05) is 24.3 Å². The Kier molecular flexibility index (Phi) is 10.8. The number of nitrogens with zero attached hydrogens (tertiary/aromatic N) is 2. The van der Waals surface area contributed by atoms with Crippen molar-refractivity contribution in [3.8, 4) is 67.1 Å². The highest BCUT2D eigenvalue weighted by Gasteiger charge is 2.31. The summed E-state index contributed by atoms with van der Waals surface area (Å²) in [6.07, 6.45) is 0. The third kappa shape index (κ3) is 7.78. The molecule has 13 aromatic carbocycles. The molecule has 380 valence electrons. The highest BCUT2D eigenvalue weighted by atomic mass is 16.5. The fourth-order valence-electron chi connectivity index (χ4n) is 12.2. The van der Waals surface area contributed by atoms with Crippen LogP contribution in [0.2, 0.25) is 0 Å². The quantitative estimate of drug-likeness (QED) is 0.137. The van der Waals surface area contributed by atoms with E-state index in [2.05, 4.69) is 277 Å². The minimum Gasteiger partial charge on any atom is -0.455 e. The fourth-order valence-corrected chi connectivity index (χ4v) is 12.2. The molecule has 0 fully saturated rings. The van der Waals surface area contributed by atoms with Gasteiger partial charge in [0.25, 0.3) is 0 Å². The Hall–Kier alpha value is -10.9. The molecule has 0 unspecified atom stereocenters. The van der Waals surface area contributed by atoms with Crippen molar-refractivity contribution in [2.24, 2.45) is 0 Å². The van der Waals surface area contributed by atoms with Gasteiger partial charge in [-0.05, 0) is 117 Å². The van der Waals surface area contributed by atoms with Crippen molar-refractivity contribution in [2.45, 2.75) is 0 Å². The lowest BCUT2D eigenvalue weighted by Gasteiger charge is -2.33. The van der Waals surface area contributed by atoms with Crippen LogP contribution in [-0.2, 0) is 0 Å². The summed E-state index contributed by atoms with van der Waals surface area (Å²) in [6, 6.07) is 103. The summed E-state index contributed by atoms with van der Waals surface area (Å²) in [5.74, 6) is 1.54. The standard InChI is InChI=1S/C76H48N2O3/c1-3-15-49(16-4-1)51-31-40-56(41-32-51)77(58-44-35-53(36-45-58)60-22-12-25-65-62-20-7-9-29-70(62)79-73(60)65)68-28-14-27-67-64-24-11-19-55-39-48-69(76(72(55)64)81-75(67)68)78(57-42-33-52(34-43-57)50-17-5-2-6-18-50)59-46-37-54(38-47-59)61-23-13-26-66-63-21-8-10-30-71(63)80-74(61)66/h1-48H. The maximum Gasteiger partial charge on any atom is 0.160 e. The number of rotatable bonds is 10. The molecule has 0 radical (unpaired) electrons. The average Bonchev–Trinajstić information content (AvgIpc) is 4.20. The number of anilines is 6. The second-order valence-corrected chi connectivity index (χ2v) is 20.7. The summed E-state index contributed by atoms with van der Waals surface area (Å²) in [4.78, 5) is 4.66. The molecule has 0 atom stereocenters. The lowest BCUT2D eigenvalue weighted by atomic mass is 9.92. The number of hydrogen-bond donors (Lipinski definition) is 0. The maximum atomic E-state index is 7.68. The SMILES string of the molecule is c1ccc(-c2ccc(N(c3ccc(-c4cccc5c4oc4ccccc45)cc3)c3cccc4c3Oc3c(N(c5ccc(-c6ccccc6)cc5)c5ccc(-c6cccc7c6oc6ccccc67)cc5)ccc5cccc-4c35)cc2)cc1. The van der Waals surface area contributed by atoms with Crippen molar-refractivity contribution in [1.82, 2.24) is 0 Å². The topological polar surface area (TPSA) is 42.0 Å². The van der Waals surface area contributed by atoms with E-state index in [-0.39, 0.29) is 0 Å². The largest absolute Gasteiger partial charge is 0.455 e. The van der Waals surface area contributed by atoms with Gasteiger partial charge in [0.2, 0.25) is 0 Å². The molecule has 15 aromatic rings. The van der Waals surface area contributed by atoms with Crippen LogP contribution in [0.5, 0.6) is 11.5 Å². The molecule has 3 heterocycles. The lowest BCUT2D eigenvalue weighted by Crippen LogP contribution is -2.14. The van der Waals surface area contributed by atoms with Gasteiger partial charge in [0.15, 0.2) is 11.5 Å². The fraction of sp³-hybridized carbons (Fsp3) is 0. The third-order valence-corrected chi connectivity index (χ3v) is 16.1. The normalized spacial score (nSPS) is 11.8. The van der Waals surface area contributed by atoms with Gasteiger partial charge in [-0.1, -0.05) is 218 Å². The summed E-state index contributed by atoms with van der Waals surface area (Å²) in [7, 11) is 0. The monoisotopic (exact) mass is 1040 g/mol. The van der Waals surface area contributed by atoms with Gasteiger partial charge in [-0.15, -0.1) is 0 Å². The van der Waals surface area contributed by atoms with E-state index in [9.17, 15) is 0 Å². The van der Waals surface area contributed by atoms with Crippen molar-refractivity contribution < 1.29 is 13.6 Å². The molecule has 5 heteroatoms. The molecule has 0 N–H and O–H groups in total. The Balaban J connectivity index is 0.850. The molecule has 0 aliphatic carbocycles. The molecule has 16 rings (SSSR count). The van der Waals surface area contributed by atoms with Crippen LogP contribution in [0.3, 0.4) is 0 Å². The summed E-state index contributed by atoms with van der Waals surface area (Å²) in [6.45, 7) is 0. The molecule has 0 amide bonds. The first-order valence-electron chi connectivity index (χ1n) is 27.5. The molecule has 0 saturated heterocycles. The van der Waals surface area contributed by atoms with E-state index in [1.165, 1.54) is 0 Å². The highest BCUT2D eigenvalue weighted by molar-refractivity contribution is 6.12. The van der Waals surface area contributed by atoms with Gasteiger partial charge in [-0.25, -0.2) is 0 Å². The average molecular weight is 1040 g/mol. The Bertz CT molecular complexity index is 4870. The van der Waals surface area contributed by atoms with Crippen molar-refractivity contribution >= 4 is 88.8 Å². The smallest absolute Gasteiger partial charge is 0.160 e. The number of benzene rings is 13. The van der Waals surface area contributed by atoms with Crippen LogP contribution in [0.1, 0.15) is 0 Å². The predicted molar refractivity (Wildman–Crippen MR) is 335 cm³/mol. The van der Waals surface area contributed by atoms with Crippen LogP contribution in [0.15, 0.2) is 300 Å². The number of fused-ring (bicyclic) bond motifs is 8. The molecule has 2 aromatic heterocycles. The van der Waals surface area contributed by atoms with Gasteiger partial charge in [0.1, 0.15) is 22.3 Å². The molecule has 81 heavy (non-hydrogen) atoms. The van der Waals surface area contributed by atoms with Gasteiger partial charge in [-0.3, -0.25) is 0 Å². The van der Waals surface area contributed by atoms with Crippen molar-refractivity contribution in [2.75, 3.05) is 9.80 Å². The Morgan fingerprint density at radius 2 is 0.617 bits per heavy atom. The summed E-state index contributed by atoms with van der Waals surface area (Å²) in [5, 5.41) is 6.58. The Labute approximate surface area is 468 Å². The summed E-state index contributed by atoms with van der Waals surface area (Å²) in [5.41, 5.74) is 20.3. The van der Waals surface area contributed by atoms with E-state index in [0.29, 0.717) is 0 Å². The number of para-hydroxylation sites is 5. The number of ether oxygens (including phenoxy) is 1. The lowest BCUT2D eigenvalue weighted by molar-refractivity contribution is 0.489. The molecule has 1 aliphatic rings. The maximum absolute atomic E-state index is 7.68. The molecule has 0 saturated carbocycles. The van der Waals surface area contributed by atoms with Gasteiger partial charge >= 0.3 is 0 Å². The van der Waals surface area contributed by atoms with E-state index >= 15 is 0 Å². The minimum absolute atomic E-state index is 0.766. The predicted octanol–water partition coefficient (Wildman–Crippen LogP) is 22.0. The zero-order valence-electron chi connectivity index (χ0n) is 43.8. The van der Waals surface area contributed by atoms with E-state index in [4.69, 9.17) is 13.6 Å². The molecular weight excluding hydrogens is 989 g/mol. The molecule has 5 nitrogen and oxygen atoms in total. The molecule has 0 bridgehead atoms. The number of hydrogen-bond acceptors (Lipinski definition) is 5. The van der Waals surface area contributed by atoms with E-state index < -0.39 is 0 Å².